The smallest absolute Gasteiger partial charge is 0.308 e. The van der Waals surface area contributed by atoms with E-state index in [-0.39, 0.29) is 17.2 Å². The number of hydrogen-bond donors (Lipinski definition) is 2. The van der Waals surface area contributed by atoms with Crippen LogP contribution in [0.2, 0.25) is 0 Å². The Bertz CT molecular complexity index is 733. The average Bonchev–Trinajstić information content (AvgIpc) is 2.99. The fraction of sp³-hybridized carbons (Fsp3) is 0.333. The van der Waals surface area contributed by atoms with Crippen molar-refractivity contribution in [3.63, 3.8) is 0 Å². The summed E-state index contributed by atoms with van der Waals surface area (Å²) in [6, 6.07) is 4.77. The number of nitrogens with one attached hydrogen (secondary N) is 1. The maximum atomic E-state index is 12.1. The summed E-state index contributed by atoms with van der Waals surface area (Å²) < 4.78 is 28.5. The lowest BCUT2D eigenvalue weighted by atomic mass is 10.3. The molecule has 7 nitrogen and oxygen atoms in total. The van der Waals surface area contributed by atoms with Gasteiger partial charge >= 0.3 is 5.97 Å². The van der Waals surface area contributed by atoms with Gasteiger partial charge in [-0.3, -0.25) is 9.48 Å². The summed E-state index contributed by atoms with van der Waals surface area (Å²) in [5.41, 5.74) is 0.926. The molecule has 0 saturated carbocycles. The zero-order valence-corrected chi connectivity index (χ0v) is 12.9. The predicted octanol–water partition coefficient (Wildman–Crippen LogP) is 0.630. The van der Waals surface area contributed by atoms with Gasteiger partial charge in [0.15, 0.2) is 0 Å². The first kappa shape index (κ1) is 15.7. The topological polar surface area (TPSA) is 101 Å². The molecule has 0 aliphatic heterocycles. The number of thiophene rings is 1. The number of rotatable bonds is 7. The molecule has 0 unspecified atom stereocenters. The van der Waals surface area contributed by atoms with Crippen molar-refractivity contribution in [1.29, 1.82) is 0 Å². The molecular formula is C12H15N3O4S2. The number of aliphatic carboxylic acids is 1. The van der Waals surface area contributed by atoms with Gasteiger partial charge in [0.1, 0.15) is 4.21 Å². The molecule has 2 rings (SSSR count). The lowest BCUT2D eigenvalue weighted by molar-refractivity contribution is -0.136. The molecule has 0 bridgehead atoms. The molecule has 21 heavy (non-hydrogen) atoms. The van der Waals surface area contributed by atoms with Crippen molar-refractivity contribution in [1.82, 2.24) is 14.5 Å². The van der Waals surface area contributed by atoms with Gasteiger partial charge in [0, 0.05) is 36.8 Å². The zero-order valence-electron chi connectivity index (χ0n) is 11.3. The van der Waals surface area contributed by atoms with Crippen LogP contribution in [-0.2, 0) is 34.7 Å². The quantitative estimate of drug-likeness (QED) is 0.776. The Labute approximate surface area is 126 Å². The minimum Gasteiger partial charge on any atom is -0.481 e. The molecule has 0 fully saturated rings. The van der Waals surface area contributed by atoms with Gasteiger partial charge in [-0.05, 0) is 18.2 Å². The Morgan fingerprint density at radius 3 is 2.81 bits per heavy atom. The van der Waals surface area contributed by atoms with Gasteiger partial charge in [0.25, 0.3) is 0 Å². The standard InChI is InChI=1S/C12H15N3O4S2/c1-15-9(4-6-13-15)5-7-14-21(18,19)12-3-2-10(20-12)8-11(16)17/h2-4,6,14H,5,7-8H2,1H3,(H,16,17). The van der Waals surface area contributed by atoms with Crippen molar-refractivity contribution in [3.05, 3.63) is 35.0 Å². The van der Waals surface area contributed by atoms with E-state index in [1.54, 1.807) is 17.9 Å². The van der Waals surface area contributed by atoms with E-state index in [4.69, 9.17) is 5.11 Å². The van der Waals surface area contributed by atoms with Crippen LogP contribution in [0.4, 0.5) is 0 Å². The van der Waals surface area contributed by atoms with Crippen molar-refractivity contribution < 1.29 is 18.3 Å². The van der Waals surface area contributed by atoms with Gasteiger partial charge in [0.05, 0.1) is 6.42 Å². The second kappa shape index (κ2) is 6.37. The Morgan fingerprint density at radius 2 is 2.19 bits per heavy atom. The molecule has 2 heterocycles. The van der Waals surface area contributed by atoms with E-state index in [0.717, 1.165) is 17.0 Å². The SMILES string of the molecule is Cn1nccc1CCNS(=O)(=O)c1ccc(CC(=O)O)s1. The monoisotopic (exact) mass is 329 g/mol. The number of carboxylic acids is 1. The first-order chi connectivity index (χ1) is 9.88. The number of aromatic nitrogens is 2. The molecule has 0 atom stereocenters. The minimum absolute atomic E-state index is 0.128. The number of carbonyl (C=O) groups is 1. The van der Waals surface area contributed by atoms with Crippen LogP contribution >= 0.6 is 11.3 Å². The van der Waals surface area contributed by atoms with E-state index in [1.807, 2.05) is 6.07 Å². The number of aryl methyl sites for hydroxylation is 1. The largest absolute Gasteiger partial charge is 0.481 e. The normalized spacial score (nSPS) is 11.7. The maximum Gasteiger partial charge on any atom is 0.308 e. The number of sulfonamides is 1. The van der Waals surface area contributed by atoms with Gasteiger partial charge in [-0.1, -0.05) is 0 Å². The summed E-state index contributed by atoms with van der Waals surface area (Å²) in [7, 11) is -1.80. The highest BCUT2D eigenvalue weighted by molar-refractivity contribution is 7.91. The Kier molecular flexibility index (Phi) is 4.76. The molecule has 114 valence electrons. The highest BCUT2D eigenvalue weighted by atomic mass is 32.2. The van der Waals surface area contributed by atoms with Crippen LogP contribution in [0.5, 0.6) is 0 Å². The molecular weight excluding hydrogens is 314 g/mol. The third-order valence-electron chi connectivity index (χ3n) is 2.82. The second-order valence-electron chi connectivity index (χ2n) is 4.39. The Morgan fingerprint density at radius 1 is 1.43 bits per heavy atom. The van der Waals surface area contributed by atoms with Crippen molar-refractivity contribution in [2.24, 2.45) is 7.05 Å². The Balaban J connectivity index is 1.96. The molecule has 0 saturated heterocycles. The summed E-state index contributed by atoms with van der Waals surface area (Å²) in [5, 5.41) is 12.7. The molecule has 0 aliphatic rings. The van der Waals surface area contributed by atoms with Crippen LogP contribution in [0.3, 0.4) is 0 Å². The van der Waals surface area contributed by atoms with Gasteiger partial charge in [0.2, 0.25) is 10.0 Å². The highest BCUT2D eigenvalue weighted by Crippen LogP contribution is 2.21. The molecule has 0 aliphatic carbocycles. The van der Waals surface area contributed by atoms with E-state index < -0.39 is 16.0 Å². The molecule has 2 N–H and O–H groups in total. The average molecular weight is 329 g/mol. The molecule has 0 aromatic carbocycles. The van der Waals surface area contributed by atoms with E-state index in [0.29, 0.717) is 11.3 Å². The molecule has 0 spiro atoms. The van der Waals surface area contributed by atoms with Crippen molar-refractivity contribution >= 4 is 27.3 Å². The summed E-state index contributed by atoms with van der Waals surface area (Å²) in [6.07, 6.45) is 2.01. The van der Waals surface area contributed by atoms with Crippen molar-refractivity contribution in [2.45, 2.75) is 17.1 Å². The maximum absolute atomic E-state index is 12.1. The van der Waals surface area contributed by atoms with E-state index >= 15 is 0 Å². The third kappa shape index (κ3) is 4.13. The molecule has 2 aromatic heterocycles. The van der Waals surface area contributed by atoms with Crippen LogP contribution in [0.1, 0.15) is 10.6 Å². The molecule has 2 aromatic rings. The van der Waals surface area contributed by atoms with Crippen molar-refractivity contribution in [3.8, 4) is 0 Å². The van der Waals surface area contributed by atoms with Gasteiger partial charge in [-0.25, -0.2) is 13.1 Å². The fourth-order valence-corrected chi connectivity index (χ4v) is 4.20. The lowest BCUT2D eigenvalue weighted by Crippen LogP contribution is -2.25. The van der Waals surface area contributed by atoms with E-state index in [1.165, 1.54) is 12.1 Å². The fourth-order valence-electron chi connectivity index (χ4n) is 1.78. The summed E-state index contributed by atoms with van der Waals surface area (Å²) in [4.78, 5) is 11.1. The van der Waals surface area contributed by atoms with Crippen LogP contribution < -0.4 is 4.72 Å². The van der Waals surface area contributed by atoms with Crippen LogP contribution in [-0.4, -0.2) is 35.8 Å². The highest BCUT2D eigenvalue weighted by Gasteiger charge is 2.17. The molecule has 0 amide bonds. The van der Waals surface area contributed by atoms with Crippen LogP contribution in [0, 0.1) is 0 Å². The zero-order chi connectivity index (χ0) is 15.5. The van der Waals surface area contributed by atoms with Gasteiger partial charge < -0.3 is 5.11 Å². The van der Waals surface area contributed by atoms with Crippen LogP contribution in [0.25, 0.3) is 0 Å². The van der Waals surface area contributed by atoms with E-state index in [9.17, 15) is 13.2 Å². The Hall–Kier alpha value is -1.71. The third-order valence-corrected chi connectivity index (χ3v) is 5.86. The van der Waals surface area contributed by atoms with E-state index in [2.05, 4.69) is 9.82 Å². The van der Waals surface area contributed by atoms with Crippen molar-refractivity contribution in [2.75, 3.05) is 6.54 Å². The first-order valence-corrected chi connectivity index (χ1v) is 8.45. The number of hydrogen-bond acceptors (Lipinski definition) is 5. The summed E-state index contributed by atoms with van der Waals surface area (Å²) in [6.45, 7) is 0.258. The second-order valence-corrected chi connectivity index (χ2v) is 7.55. The van der Waals surface area contributed by atoms with Gasteiger partial charge in [-0.15, -0.1) is 11.3 Å². The summed E-state index contributed by atoms with van der Waals surface area (Å²) in [5.74, 6) is -0.982. The lowest BCUT2D eigenvalue weighted by Gasteiger charge is -2.05. The van der Waals surface area contributed by atoms with Gasteiger partial charge in [-0.2, -0.15) is 5.10 Å². The van der Waals surface area contributed by atoms with Crippen LogP contribution in [0.15, 0.2) is 28.6 Å². The first-order valence-electron chi connectivity index (χ1n) is 6.15. The minimum atomic E-state index is -3.60. The molecule has 9 heteroatoms. The molecule has 0 radical (unpaired) electrons. The predicted molar refractivity (Wildman–Crippen MR) is 77.8 cm³/mol. The number of carboxylic acid groups (broad SMARTS) is 1. The number of nitrogens with zero attached hydrogens (tertiary/aromatic N) is 2. The summed E-state index contributed by atoms with van der Waals surface area (Å²) >= 11 is 0.970.